The molecule has 0 aliphatic carbocycles. The second-order valence-corrected chi connectivity index (χ2v) is 3.67. The fraction of sp³-hybridized carbons (Fsp3) is 0.0909. The van der Waals surface area contributed by atoms with Crippen LogP contribution in [-0.2, 0) is 0 Å². The minimum absolute atomic E-state index is 0.183. The summed E-state index contributed by atoms with van der Waals surface area (Å²) < 4.78 is 15.0. The number of aryl methyl sites for hydroxylation is 1. The van der Waals surface area contributed by atoms with Gasteiger partial charge >= 0.3 is 0 Å². The van der Waals surface area contributed by atoms with Crippen LogP contribution in [0.3, 0.4) is 0 Å². The van der Waals surface area contributed by atoms with E-state index in [1.807, 2.05) is 0 Å². The molecule has 0 fully saturated rings. The molecule has 1 N–H and O–H groups in total. The van der Waals surface area contributed by atoms with Crippen molar-refractivity contribution in [2.45, 2.75) is 6.92 Å². The van der Waals surface area contributed by atoms with Gasteiger partial charge in [0.05, 0.1) is 11.2 Å². The zero-order valence-corrected chi connectivity index (χ0v) is 8.49. The number of rotatable bonds is 0. The van der Waals surface area contributed by atoms with E-state index in [4.69, 9.17) is 0 Å². The van der Waals surface area contributed by atoms with Gasteiger partial charge in [0.15, 0.2) is 0 Å². The highest BCUT2D eigenvalue weighted by molar-refractivity contribution is 5.78. The van der Waals surface area contributed by atoms with Crippen molar-refractivity contribution < 1.29 is 4.39 Å². The number of aromatic nitrogens is 3. The molecule has 0 atom stereocenters. The molecule has 3 aromatic rings. The average molecular weight is 217 g/mol. The number of halogens is 1. The van der Waals surface area contributed by atoms with Gasteiger partial charge in [-0.15, -0.1) is 0 Å². The van der Waals surface area contributed by atoms with Crippen LogP contribution in [0.2, 0.25) is 0 Å². The monoisotopic (exact) mass is 217 g/mol. The topological polar surface area (TPSA) is 50.2 Å². The van der Waals surface area contributed by atoms with E-state index in [2.05, 4.69) is 10.1 Å². The van der Waals surface area contributed by atoms with Gasteiger partial charge in [-0.25, -0.2) is 8.91 Å². The van der Waals surface area contributed by atoms with Crippen molar-refractivity contribution in [3.8, 4) is 0 Å². The molecule has 16 heavy (non-hydrogen) atoms. The fourth-order valence-electron chi connectivity index (χ4n) is 1.84. The first-order chi connectivity index (χ1) is 7.66. The third-order valence-corrected chi connectivity index (χ3v) is 2.52. The van der Waals surface area contributed by atoms with Gasteiger partial charge in [0.1, 0.15) is 16.9 Å². The summed E-state index contributed by atoms with van der Waals surface area (Å²) in [6.45, 7) is 1.79. The maximum Gasteiger partial charge on any atom is 0.274 e. The van der Waals surface area contributed by atoms with Crippen molar-refractivity contribution in [3.63, 3.8) is 0 Å². The SMILES string of the molecule is Cc1cc2c(=O)[nH]c3c(F)cccc3n2n1. The molecular weight excluding hydrogens is 209 g/mol. The van der Waals surface area contributed by atoms with Crippen molar-refractivity contribution in [3.05, 3.63) is 46.1 Å². The lowest BCUT2D eigenvalue weighted by molar-refractivity contribution is 0.635. The highest BCUT2D eigenvalue weighted by atomic mass is 19.1. The molecule has 80 valence electrons. The van der Waals surface area contributed by atoms with E-state index in [0.717, 1.165) is 5.69 Å². The highest BCUT2D eigenvalue weighted by Crippen LogP contribution is 2.15. The molecule has 1 aromatic carbocycles. The van der Waals surface area contributed by atoms with Crippen molar-refractivity contribution in [1.82, 2.24) is 14.6 Å². The Kier molecular flexibility index (Phi) is 1.65. The number of para-hydroxylation sites is 1. The van der Waals surface area contributed by atoms with Gasteiger partial charge in [0.2, 0.25) is 0 Å². The Labute approximate surface area is 89.3 Å². The minimum Gasteiger partial charge on any atom is -0.316 e. The second-order valence-electron chi connectivity index (χ2n) is 3.67. The van der Waals surface area contributed by atoms with Gasteiger partial charge in [-0.05, 0) is 25.1 Å². The zero-order valence-electron chi connectivity index (χ0n) is 8.49. The highest BCUT2D eigenvalue weighted by Gasteiger charge is 2.09. The first-order valence-corrected chi connectivity index (χ1v) is 4.84. The van der Waals surface area contributed by atoms with Gasteiger partial charge in [0.25, 0.3) is 5.56 Å². The van der Waals surface area contributed by atoms with Crippen molar-refractivity contribution in [2.75, 3.05) is 0 Å². The molecule has 0 radical (unpaired) electrons. The number of aromatic amines is 1. The Morgan fingerprint density at radius 2 is 2.19 bits per heavy atom. The number of nitrogens with one attached hydrogen (secondary N) is 1. The molecule has 0 amide bonds. The van der Waals surface area contributed by atoms with Gasteiger partial charge in [-0.1, -0.05) is 6.07 Å². The average Bonchev–Trinajstić information content (AvgIpc) is 2.63. The second kappa shape index (κ2) is 2.91. The molecule has 2 aromatic heterocycles. The van der Waals surface area contributed by atoms with Crippen LogP contribution in [0.15, 0.2) is 29.1 Å². The third kappa shape index (κ3) is 1.08. The largest absolute Gasteiger partial charge is 0.316 e. The Hall–Kier alpha value is -2.17. The normalized spacial score (nSPS) is 11.4. The Morgan fingerprint density at radius 3 is 3.00 bits per heavy atom. The van der Waals surface area contributed by atoms with Gasteiger partial charge in [-0.3, -0.25) is 4.79 Å². The predicted molar refractivity (Wildman–Crippen MR) is 58.0 cm³/mol. The van der Waals surface area contributed by atoms with Crippen LogP contribution in [0.5, 0.6) is 0 Å². The summed E-state index contributed by atoms with van der Waals surface area (Å²) in [6.07, 6.45) is 0. The minimum atomic E-state index is -0.454. The summed E-state index contributed by atoms with van der Waals surface area (Å²) in [4.78, 5) is 14.2. The van der Waals surface area contributed by atoms with Crippen molar-refractivity contribution >= 4 is 16.6 Å². The van der Waals surface area contributed by atoms with E-state index in [1.54, 1.807) is 25.1 Å². The maximum atomic E-state index is 13.5. The molecule has 0 spiro atoms. The lowest BCUT2D eigenvalue weighted by Crippen LogP contribution is -2.11. The molecule has 0 saturated heterocycles. The first kappa shape index (κ1) is 9.08. The Morgan fingerprint density at radius 1 is 1.38 bits per heavy atom. The molecule has 5 heteroatoms. The molecule has 0 saturated carbocycles. The molecule has 0 aliphatic rings. The van der Waals surface area contributed by atoms with E-state index in [0.29, 0.717) is 11.0 Å². The summed E-state index contributed by atoms with van der Waals surface area (Å²) in [5, 5.41) is 4.17. The molecule has 0 aliphatic heterocycles. The lowest BCUT2D eigenvalue weighted by atomic mass is 10.3. The van der Waals surface area contributed by atoms with Crippen LogP contribution < -0.4 is 5.56 Å². The molecule has 0 unspecified atom stereocenters. The van der Waals surface area contributed by atoms with Crippen molar-refractivity contribution in [1.29, 1.82) is 0 Å². The van der Waals surface area contributed by atoms with Crippen molar-refractivity contribution in [2.24, 2.45) is 0 Å². The standard InChI is InChI=1S/C11H8FN3O/c1-6-5-9-11(16)13-10-7(12)3-2-4-8(10)15(9)14-6/h2-5H,1H3,(H,13,16). The first-order valence-electron chi connectivity index (χ1n) is 4.84. The number of hydrogen-bond donors (Lipinski definition) is 1. The van der Waals surface area contributed by atoms with E-state index in [1.165, 1.54) is 10.6 Å². The van der Waals surface area contributed by atoms with Gasteiger partial charge in [0, 0.05) is 0 Å². The van der Waals surface area contributed by atoms with E-state index >= 15 is 0 Å². The lowest BCUT2D eigenvalue weighted by Gasteiger charge is -2.01. The van der Waals surface area contributed by atoms with Gasteiger partial charge < -0.3 is 4.98 Å². The smallest absolute Gasteiger partial charge is 0.274 e. The van der Waals surface area contributed by atoms with Gasteiger partial charge in [-0.2, -0.15) is 5.10 Å². The number of hydrogen-bond acceptors (Lipinski definition) is 2. The number of H-pyrrole nitrogens is 1. The van der Waals surface area contributed by atoms with Crippen LogP contribution in [0.25, 0.3) is 16.6 Å². The van der Waals surface area contributed by atoms with Crippen LogP contribution >= 0.6 is 0 Å². The van der Waals surface area contributed by atoms with E-state index in [-0.39, 0.29) is 11.1 Å². The Bertz CT molecular complexity index is 757. The number of fused-ring (bicyclic) bond motifs is 3. The molecule has 0 bridgehead atoms. The molecular formula is C11H8FN3O. The van der Waals surface area contributed by atoms with Crippen LogP contribution in [0.1, 0.15) is 5.69 Å². The summed E-state index contributed by atoms with van der Waals surface area (Å²) in [7, 11) is 0. The van der Waals surface area contributed by atoms with E-state index in [9.17, 15) is 9.18 Å². The number of benzene rings is 1. The maximum absolute atomic E-state index is 13.5. The summed E-state index contributed by atoms with van der Waals surface area (Å²) in [6, 6.07) is 6.28. The quantitative estimate of drug-likeness (QED) is 0.622. The molecule has 2 heterocycles. The summed E-state index contributed by atoms with van der Waals surface area (Å²) in [5.74, 6) is -0.454. The van der Waals surface area contributed by atoms with Crippen LogP contribution in [0.4, 0.5) is 4.39 Å². The van der Waals surface area contributed by atoms with Crippen LogP contribution in [-0.4, -0.2) is 14.6 Å². The van der Waals surface area contributed by atoms with E-state index < -0.39 is 5.82 Å². The number of nitrogens with zero attached hydrogens (tertiary/aromatic N) is 2. The third-order valence-electron chi connectivity index (χ3n) is 2.52. The summed E-state index contributed by atoms with van der Waals surface area (Å²) >= 11 is 0. The molecule has 3 rings (SSSR count). The molecule has 4 nitrogen and oxygen atoms in total. The Balaban J connectivity index is 2.69. The fourth-order valence-corrected chi connectivity index (χ4v) is 1.84. The zero-order chi connectivity index (χ0) is 11.3. The summed E-state index contributed by atoms with van der Waals surface area (Å²) in [5.41, 5.74) is 1.56. The van der Waals surface area contributed by atoms with Crippen LogP contribution in [0, 0.1) is 12.7 Å². The predicted octanol–water partition coefficient (Wildman–Crippen LogP) is 1.62.